The number of unbranched alkanes of at least 4 members (excludes halogenated alkanes) is 2. The fourth-order valence-electron chi connectivity index (χ4n) is 7.10. The molecule has 0 saturated carbocycles. The summed E-state index contributed by atoms with van der Waals surface area (Å²) >= 11 is 0.805. The Morgan fingerprint density at radius 2 is 1.57 bits per heavy atom. The number of rotatable bonds is 15. The lowest BCUT2D eigenvalue weighted by molar-refractivity contribution is -0.777. The highest BCUT2D eigenvalue weighted by atomic mass is 32.2. The molecule has 0 saturated heterocycles. The zero-order valence-corrected chi connectivity index (χ0v) is 30.3. The Kier molecular flexibility index (Phi) is 11.1. The molecule has 3 aromatic carbocycles. The molecule has 0 bridgehead atoms. The van der Waals surface area contributed by atoms with Crippen LogP contribution >= 0.6 is 12.0 Å². The molecule has 0 aromatic heterocycles. The summed E-state index contributed by atoms with van der Waals surface area (Å²) in [5.74, 6) is -0.841. The Morgan fingerprint density at radius 3 is 2.27 bits per heavy atom. The molecule has 0 N–H and O–H groups in total. The van der Waals surface area contributed by atoms with E-state index >= 15 is 0 Å². The summed E-state index contributed by atoms with van der Waals surface area (Å²) in [6, 6.07) is 18.1. The van der Waals surface area contributed by atoms with E-state index in [0.29, 0.717) is 30.8 Å². The van der Waals surface area contributed by atoms with Crippen molar-refractivity contribution in [1.82, 2.24) is 0 Å². The van der Waals surface area contributed by atoms with Crippen molar-refractivity contribution in [3.63, 3.8) is 0 Å². The lowest BCUT2D eigenvalue weighted by Crippen LogP contribution is -2.28. The highest BCUT2D eigenvalue weighted by Crippen LogP contribution is 2.49. The third kappa shape index (κ3) is 8.29. The number of anilines is 1. The lowest BCUT2D eigenvalue weighted by Gasteiger charge is -2.27. The van der Waals surface area contributed by atoms with Crippen LogP contribution in [0.25, 0.3) is 10.8 Å². The first kappa shape index (κ1) is 37.2. The first-order chi connectivity index (χ1) is 23.0. The summed E-state index contributed by atoms with van der Waals surface area (Å²) in [6.45, 7) is 9.52. The first-order valence-corrected chi connectivity index (χ1v) is 19.9. The number of hydrogen-bond donors (Lipinski definition) is 0. The van der Waals surface area contributed by atoms with E-state index in [-0.39, 0.29) is 12.8 Å². The average Bonchev–Trinajstić information content (AvgIpc) is 3.37. The van der Waals surface area contributed by atoms with Gasteiger partial charge in [-0.3, -0.25) is 5.04 Å². The predicted molar refractivity (Wildman–Crippen MR) is 186 cm³/mol. The maximum atomic E-state index is 11.3. The van der Waals surface area contributed by atoms with Crippen LogP contribution in [0.2, 0.25) is 0 Å². The fourth-order valence-corrected chi connectivity index (χ4v) is 8.62. The summed E-state index contributed by atoms with van der Waals surface area (Å²) in [4.78, 5) is 2.80. The van der Waals surface area contributed by atoms with E-state index in [2.05, 4.69) is 76.9 Å². The van der Waals surface area contributed by atoms with Gasteiger partial charge in [0, 0.05) is 63.9 Å². The van der Waals surface area contributed by atoms with Crippen molar-refractivity contribution in [1.29, 1.82) is 0 Å². The van der Waals surface area contributed by atoms with Gasteiger partial charge in [-0.05, 0) is 79.8 Å². The molecule has 0 aliphatic carbocycles. The second-order valence-corrected chi connectivity index (χ2v) is 17.2. The van der Waals surface area contributed by atoms with Crippen molar-refractivity contribution in [2.24, 2.45) is 0 Å². The van der Waals surface area contributed by atoms with E-state index in [9.17, 15) is 31.2 Å². The summed E-state index contributed by atoms with van der Waals surface area (Å²) in [5, 5.41) is 16.2. The molecule has 0 radical (unpaired) electrons. The molecular formula is C35H40N2O9S3-2. The van der Waals surface area contributed by atoms with Crippen molar-refractivity contribution >= 4 is 60.1 Å². The quantitative estimate of drug-likeness (QED) is 0.0496. The smallest absolute Gasteiger partial charge is 0.210 e. The molecule has 0 atom stereocenters. The highest BCUT2D eigenvalue weighted by molar-refractivity contribution is 7.94. The van der Waals surface area contributed by atoms with E-state index in [1.165, 1.54) is 5.56 Å². The molecule has 0 spiro atoms. The van der Waals surface area contributed by atoms with Crippen LogP contribution in [0.3, 0.4) is 0 Å². The maximum Gasteiger partial charge on any atom is 0.210 e. The van der Waals surface area contributed by atoms with Crippen molar-refractivity contribution in [2.75, 3.05) is 29.5 Å². The van der Waals surface area contributed by atoms with E-state index < -0.39 is 42.6 Å². The minimum absolute atomic E-state index is 0.227. The van der Waals surface area contributed by atoms with Crippen LogP contribution in [0.4, 0.5) is 11.4 Å². The zero-order chi connectivity index (χ0) is 35.6. The zero-order valence-electron chi connectivity index (χ0n) is 27.9. The number of hydrogen-bond acceptors (Lipinski definition) is 11. The van der Waals surface area contributed by atoms with Crippen LogP contribution in [0.1, 0.15) is 64.5 Å². The molecule has 3 aromatic rings. The molecule has 2 aliphatic rings. The first-order valence-electron chi connectivity index (χ1n) is 16.0. The Bertz CT molecular complexity index is 2040. The molecule has 0 fully saturated rings. The summed E-state index contributed by atoms with van der Waals surface area (Å²) in [6.07, 6.45) is 7.59. The van der Waals surface area contributed by atoms with Crippen molar-refractivity contribution in [3.8, 4) is 0 Å². The van der Waals surface area contributed by atoms with Gasteiger partial charge in [0.05, 0.1) is 37.7 Å². The van der Waals surface area contributed by atoms with Crippen LogP contribution < -0.4 is 10.2 Å². The Balaban J connectivity index is 1.53. The number of allylic oxidation sites excluding steroid dienone is 4. The molecule has 14 heteroatoms. The molecule has 11 nitrogen and oxygen atoms in total. The summed E-state index contributed by atoms with van der Waals surface area (Å²) < 4.78 is 74.4. The van der Waals surface area contributed by atoms with Crippen molar-refractivity contribution < 1.29 is 45.1 Å². The summed E-state index contributed by atoms with van der Waals surface area (Å²) in [7, 11) is -8.63. The van der Waals surface area contributed by atoms with Gasteiger partial charge in [-0.25, -0.2) is 16.8 Å². The second kappa shape index (κ2) is 14.6. The topological polar surface area (TPSA) is 162 Å². The van der Waals surface area contributed by atoms with Crippen molar-refractivity contribution in [2.45, 2.75) is 69.1 Å². The van der Waals surface area contributed by atoms with E-state index in [1.54, 1.807) is 6.07 Å². The minimum Gasteiger partial charge on any atom is -0.748 e. The SMILES string of the molecule is CC1(C)C(=CC=CC2=[N+](CCCCS(=O)(=O)[O-])c3ccc4ccccc4c3C2(C)C)N(CCCCS(=O)(=O)[O-])c2ccc(SOO[O-])cc21. The molecule has 49 heavy (non-hydrogen) atoms. The summed E-state index contributed by atoms with van der Waals surface area (Å²) in [5.41, 5.74) is 5.18. The fraction of sp³-hybridized carbons (Fsp3) is 0.400. The lowest BCUT2D eigenvalue weighted by atomic mass is 9.79. The Hall–Kier alpha value is -3.08. The minimum atomic E-state index is -4.32. The highest BCUT2D eigenvalue weighted by Gasteiger charge is 2.45. The second-order valence-electron chi connectivity index (χ2n) is 13.4. The van der Waals surface area contributed by atoms with Crippen LogP contribution in [0.15, 0.2) is 83.4 Å². The number of nitrogens with zero attached hydrogens (tertiary/aromatic N) is 2. The number of fused-ring (bicyclic) bond motifs is 4. The van der Waals surface area contributed by atoms with Gasteiger partial charge in [-0.15, -0.1) is 0 Å². The largest absolute Gasteiger partial charge is 0.748 e. The standard InChI is InChI=1S/C35H42N2O9S3/c1-34(2)28-24-26(47-46-45-38)17-19-29(28)36(20-7-9-22-48(39,40)41)31(34)14-11-15-32-35(3,4)33-27-13-6-5-12-25(27)16-18-30(33)37(32)21-8-10-23-49(42,43)44/h5-6,11-19,24H,7-10,20-23H2,1-4H3,(H2-,38,39,40,41,42,43,44)/p-2. The van der Waals surface area contributed by atoms with Crippen LogP contribution in [0.5, 0.6) is 0 Å². The Labute approximate surface area is 292 Å². The predicted octanol–water partition coefficient (Wildman–Crippen LogP) is 5.34. The molecule has 0 amide bonds. The van der Waals surface area contributed by atoms with Gasteiger partial charge in [-0.1, -0.05) is 44.2 Å². The van der Waals surface area contributed by atoms with Crippen LogP contribution in [-0.4, -0.2) is 60.8 Å². The van der Waals surface area contributed by atoms with E-state index in [4.69, 9.17) is 0 Å². The monoisotopic (exact) mass is 728 g/mol. The molecular weight excluding hydrogens is 689 g/mol. The van der Waals surface area contributed by atoms with Gasteiger partial charge >= 0.3 is 0 Å². The molecule has 2 aliphatic heterocycles. The maximum absolute atomic E-state index is 11.3. The molecule has 2 heterocycles. The Morgan fingerprint density at radius 1 is 0.878 bits per heavy atom. The third-order valence-corrected chi connectivity index (χ3v) is 11.5. The van der Waals surface area contributed by atoms with Gasteiger partial charge in [0.15, 0.2) is 5.71 Å². The van der Waals surface area contributed by atoms with Gasteiger partial charge in [0.25, 0.3) is 0 Å². The third-order valence-electron chi connectivity index (χ3n) is 9.34. The molecule has 264 valence electrons. The normalized spacial score (nSPS) is 17.9. The van der Waals surface area contributed by atoms with E-state index in [1.807, 2.05) is 36.4 Å². The molecule has 5 rings (SSSR count). The number of benzene rings is 3. The average molecular weight is 729 g/mol. The van der Waals surface area contributed by atoms with Gasteiger partial charge in [-0.2, -0.15) is 8.91 Å². The van der Waals surface area contributed by atoms with Crippen molar-refractivity contribution in [3.05, 3.63) is 89.6 Å². The van der Waals surface area contributed by atoms with Gasteiger partial charge in [0.1, 0.15) is 6.54 Å². The van der Waals surface area contributed by atoms with Crippen LogP contribution in [-0.2, 0) is 40.4 Å². The van der Waals surface area contributed by atoms with Gasteiger partial charge in [0.2, 0.25) is 5.69 Å². The van der Waals surface area contributed by atoms with Crippen LogP contribution in [0, 0.1) is 0 Å². The molecule has 0 unspecified atom stereocenters. The van der Waals surface area contributed by atoms with Gasteiger partial charge < -0.3 is 19.3 Å². The van der Waals surface area contributed by atoms with E-state index in [0.717, 1.165) is 51.2 Å².